The first-order valence-electron chi connectivity index (χ1n) is 6.19. The minimum atomic E-state index is -0.227. The Morgan fingerprint density at radius 3 is 2.95 bits per heavy atom. The Kier molecular flexibility index (Phi) is 4.53. The lowest BCUT2D eigenvalue weighted by atomic mass is 10.1. The summed E-state index contributed by atoms with van der Waals surface area (Å²) in [6.45, 7) is 0.0250. The first kappa shape index (κ1) is 13.8. The Bertz CT molecular complexity index is 665. The molecule has 5 heteroatoms. The highest BCUT2D eigenvalue weighted by atomic mass is 16.2. The van der Waals surface area contributed by atoms with E-state index in [0.717, 1.165) is 5.56 Å². The van der Waals surface area contributed by atoms with Gasteiger partial charge in [0.05, 0.1) is 24.1 Å². The summed E-state index contributed by atoms with van der Waals surface area (Å²) in [5.74, 6) is 5.54. The topological polar surface area (TPSA) is 67.2 Å². The van der Waals surface area contributed by atoms with Gasteiger partial charge < -0.3 is 10.4 Å². The second-order valence-corrected chi connectivity index (χ2v) is 4.18. The van der Waals surface area contributed by atoms with Crippen LogP contribution in [0, 0.1) is 11.8 Å². The molecule has 102 valence electrons. The molecule has 0 saturated heterocycles. The van der Waals surface area contributed by atoms with E-state index in [0.29, 0.717) is 17.7 Å². The lowest BCUT2D eigenvalue weighted by Gasteiger charge is -2.05. The number of carbonyl (C=O) groups is 1. The predicted molar refractivity (Wildman–Crippen MR) is 76.2 cm³/mol. The molecule has 0 bridgehead atoms. The molecule has 2 rings (SSSR count). The van der Waals surface area contributed by atoms with Crippen LogP contribution in [0.2, 0.25) is 0 Å². The highest BCUT2D eigenvalue weighted by Crippen LogP contribution is 2.15. The molecule has 0 unspecified atom stereocenters. The smallest absolute Gasteiger partial charge is 0.258 e. The zero-order valence-corrected chi connectivity index (χ0v) is 11.1. The van der Waals surface area contributed by atoms with Gasteiger partial charge in [-0.15, -0.1) is 0 Å². The van der Waals surface area contributed by atoms with Gasteiger partial charge in [-0.25, -0.2) is 0 Å². The lowest BCUT2D eigenvalue weighted by Crippen LogP contribution is -2.12. The van der Waals surface area contributed by atoms with Crippen molar-refractivity contribution in [1.29, 1.82) is 0 Å². The zero-order valence-electron chi connectivity index (χ0n) is 11.1. The van der Waals surface area contributed by atoms with E-state index in [9.17, 15) is 4.79 Å². The van der Waals surface area contributed by atoms with Crippen LogP contribution < -0.4 is 5.32 Å². The van der Waals surface area contributed by atoms with E-state index in [2.05, 4.69) is 22.3 Å². The number of anilines is 1. The number of rotatable bonds is 3. The molecule has 0 radical (unpaired) electrons. The van der Waals surface area contributed by atoms with Crippen molar-refractivity contribution in [1.82, 2.24) is 9.78 Å². The van der Waals surface area contributed by atoms with Gasteiger partial charge in [0.2, 0.25) is 0 Å². The van der Waals surface area contributed by atoms with Crippen molar-refractivity contribution < 1.29 is 9.90 Å². The van der Waals surface area contributed by atoms with Crippen LogP contribution in [-0.2, 0) is 7.05 Å². The van der Waals surface area contributed by atoms with Gasteiger partial charge in [0.1, 0.15) is 0 Å². The Morgan fingerprint density at radius 2 is 2.25 bits per heavy atom. The Morgan fingerprint density at radius 1 is 1.45 bits per heavy atom. The number of nitrogens with one attached hydrogen (secondary N) is 1. The van der Waals surface area contributed by atoms with Crippen molar-refractivity contribution in [2.24, 2.45) is 7.05 Å². The van der Waals surface area contributed by atoms with Crippen molar-refractivity contribution in [3.63, 3.8) is 0 Å². The highest BCUT2D eigenvalue weighted by Gasteiger charge is 2.09. The van der Waals surface area contributed by atoms with Crippen LogP contribution in [0.1, 0.15) is 22.3 Å². The van der Waals surface area contributed by atoms with E-state index in [1.807, 2.05) is 18.2 Å². The molecule has 1 aromatic carbocycles. The summed E-state index contributed by atoms with van der Waals surface area (Å²) in [6.07, 6.45) is 3.57. The predicted octanol–water partition coefficient (Wildman–Crippen LogP) is 1.41. The van der Waals surface area contributed by atoms with Gasteiger partial charge >= 0.3 is 0 Å². The average molecular weight is 269 g/mol. The first-order chi connectivity index (χ1) is 9.70. The fraction of sp³-hybridized carbons (Fsp3) is 0.200. The second-order valence-electron chi connectivity index (χ2n) is 4.18. The zero-order chi connectivity index (χ0) is 14.4. The number of para-hydroxylation sites is 1. The maximum absolute atomic E-state index is 12.1. The van der Waals surface area contributed by atoms with Gasteiger partial charge in [0.25, 0.3) is 5.91 Å². The molecule has 20 heavy (non-hydrogen) atoms. The summed E-state index contributed by atoms with van der Waals surface area (Å²) >= 11 is 0. The molecular formula is C15H15N3O2. The number of nitrogens with zero attached hydrogens (tertiary/aromatic N) is 2. The maximum Gasteiger partial charge on any atom is 0.258 e. The van der Waals surface area contributed by atoms with Gasteiger partial charge in [-0.05, 0) is 12.1 Å². The number of aliphatic hydroxyl groups excluding tert-OH is 1. The van der Waals surface area contributed by atoms with Gasteiger partial charge in [-0.1, -0.05) is 24.0 Å². The Balaban J connectivity index is 2.17. The van der Waals surface area contributed by atoms with Crippen molar-refractivity contribution >= 4 is 11.6 Å². The monoisotopic (exact) mass is 269 g/mol. The molecule has 0 aliphatic carbocycles. The molecule has 0 aliphatic heterocycles. The van der Waals surface area contributed by atoms with Gasteiger partial charge in [0, 0.05) is 25.2 Å². The van der Waals surface area contributed by atoms with Gasteiger partial charge in [0.15, 0.2) is 0 Å². The van der Waals surface area contributed by atoms with E-state index >= 15 is 0 Å². The van der Waals surface area contributed by atoms with E-state index in [4.69, 9.17) is 5.11 Å². The lowest BCUT2D eigenvalue weighted by molar-refractivity contribution is 0.102. The van der Waals surface area contributed by atoms with E-state index in [-0.39, 0.29) is 12.5 Å². The van der Waals surface area contributed by atoms with E-state index in [1.165, 1.54) is 6.20 Å². The molecule has 0 saturated carbocycles. The normalized spacial score (nSPS) is 9.70. The number of aromatic nitrogens is 2. The first-order valence-corrected chi connectivity index (χ1v) is 6.19. The number of amides is 1. The molecule has 0 spiro atoms. The van der Waals surface area contributed by atoms with Crippen molar-refractivity contribution in [2.75, 3.05) is 11.9 Å². The van der Waals surface area contributed by atoms with E-state index < -0.39 is 0 Å². The van der Waals surface area contributed by atoms with E-state index in [1.54, 1.807) is 24.0 Å². The third-order valence-corrected chi connectivity index (χ3v) is 2.60. The summed E-state index contributed by atoms with van der Waals surface area (Å²) < 4.78 is 1.57. The molecule has 0 aliphatic rings. The van der Waals surface area contributed by atoms with Gasteiger partial charge in [-0.2, -0.15) is 5.10 Å². The molecule has 1 heterocycles. The number of carbonyl (C=O) groups excluding carboxylic acids is 1. The average Bonchev–Trinajstić information content (AvgIpc) is 2.88. The summed E-state index contributed by atoms with van der Waals surface area (Å²) in [7, 11) is 1.76. The van der Waals surface area contributed by atoms with Crippen LogP contribution in [0.25, 0.3) is 0 Å². The second kappa shape index (κ2) is 6.55. The van der Waals surface area contributed by atoms with Crippen LogP contribution in [0.5, 0.6) is 0 Å². The summed E-state index contributed by atoms with van der Waals surface area (Å²) in [5.41, 5.74) is 1.86. The quantitative estimate of drug-likeness (QED) is 0.828. The summed E-state index contributed by atoms with van der Waals surface area (Å²) in [4.78, 5) is 12.1. The Hall–Kier alpha value is -2.58. The number of hydrogen-bond donors (Lipinski definition) is 2. The van der Waals surface area contributed by atoms with Crippen LogP contribution in [0.4, 0.5) is 5.69 Å². The standard InChI is InChI=1S/C15H15N3O2/c1-18-11-13(10-16-18)15(20)17-14-8-3-2-6-12(14)7-4-5-9-19/h2-3,6,8,10-11,19H,5,9H2,1H3,(H,17,20). The molecule has 2 N–H and O–H groups in total. The molecular weight excluding hydrogens is 254 g/mol. The number of benzene rings is 1. The summed E-state index contributed by atoms with van der Waals surface area (Å²) in [6, 6.07) is 7.29. The largest absolute Gasteiger partial charge is 0.395 e. The van der Waals surface area contributed by atoms with Crippen molar-refractivity contribution in [2.45, 2.75) is 6.42 Å². The highest BCUT2D eigenvalue weighted by molar-refractivity contribution is 6.04. The van der Waals surface area contributed by atoms with Gasteiger partial charge in [-0.3, -0.25) is 9.48 Å². The van der Waals surface area contributed by atoms with Crippen molar-refractivity contribution in [3.8, 4) is 11.8 Å². The fourth-order valence-electron chi connectivity index (χ4n) is 1.65. The van der Waals surface area contributed by atoms with Crippen LogP contribution in [0.15, 0.2) is 36.7 Å². The number of hydrogen-bond acceptors (Lipinski definition) is 3. The third kappa shape index (κ3) is 3.46. The van der Waals surface area contributed by atoms with Crippen LogP contribution >= 0.6 is 0 Å². The minimum Gasteiger partial charge on any atom is -0.395 e. The molecule has 2 aromatic rings. The SMILES string of the molecule is Cn1cc(C(=O)Nc2ccccc2C#CCCO)cn1. The van der Waals surface area contributed by atoms with Crippen LogP contribution in [-0.4, -0.2) is 27.4 Å². The molecule has 1 amide bonds. The fourth-order valence-corrected chi connectivity index (χ4v) is 1.65. The number of aryl methyl sites for hydroxylation is 1. The van der Waals surface area contributed by atoms with Crippen molar-refractivity contribution in [3.05, 3.63) is 47.8 Å². The molecule has 5 nitrogen and oxygen atoms in total. The number of aliphatic hydroxyl groups is 1. The molecule has 0 fully saturated rings. The third-order valence-electron chi connectivity index (χ3n) is 2.60. The summed E-state index contributed by atoms with van der Waals surface area (Å²) in [5, 5.41) is 15.5. The van der Waals surface area contributed by atoms with Crippen LogP contribution in [0.3, 0.4) is 0 Å². The minimum absolute atomic E-state index is 0.0250. The maximum atomic E-state index is 12.1. The molecule has 1 aromatic heterocycles. The molecule has 0 atom stereocenters. The Labute approximate surface area is 117 Å².